The van der Waals surface area contributed by atoms with E-state index in [1.165, 1.54) is 25.7 Å². The zero-order valence-electron chi connectivity index (χ0n) is 13.7. The summed E-state index contributed by atoms with van der Waals surface area (Å²) in [6.07, 6.45) is 10.4. The third kappa shape index (κ3) is 5.17. The average molecular weight is 338 g/mol. The Labute approximate surface area is 142 Å². The molecule has 1 saturated carbocycles. The fourth-order valence-electron chi connectivity index (χ4n) is 2.88. The Morgan fingerprint density at radius 2 is 1.87 bits per heavy atom. The topological polar surface area (TPSA) is 47.6 Å². The molecule has 1 fully saturated rings. The van der Waals surface area contributed by atoms with Crippen LogP contribution < -0.4 is 14.8 Å². The van der Waals surface area contributed by atoms with Gasteiger partial charge in [-0.05, 0) is 36.6 Å². The van der Waals surface area contributed by atoms with Crippen LogP contribution in [0.25, 0.3) is 6.08 Å². The number of halogens is 1. The van der Waals surface area contributed by atoms with Gasteiger partial charge >= 0.3 is 0 Å². The van der Waals surface area contributed by atoms with Gasteiger partial charge in [-0.2, -0.15) is 0 Å². The summed E-state index contributed by atoms with van der Waals surface area (Å²) in [4.78, 5) is 12.1. The zero-order chi connectivity index (χ0) is 16.7. The van der Waals surface area contributed by atoms with Crippen molar-refractivity contribution in [1.29, 1.82) is 0 Å². The van der Waals surface area contributed by atoms with Gasteiger partial charge in [0.05, 0.1) is 19.2 Å². The van der Waals surface area contributed by atoms with Crippen LogP contribution >= 0.6 is 11.6 Å². The minimum absolute atomic E-state index is 0.0668. The second-order valence-corrected chi connectivity index (χ2v) is 6.18. The van der Waals surface area contributed by atoms with E-state index in [4.69, 9.17) is 21.1 Å². The lowest BCUT2D eigenvalue weighted by atomic mass is 10.1. The first kappa shape index (κ1) is 17.7. The smallest absolute Gasteiger partial charge is 0.244 e. The average Bonchev–Trinajstić information content (AvgIpc) is 2.81. The molecule has 0 unspecified atom stereocenters. The molecular formula is C18H24ClNO3. The highest BCUT2D eigenvalue weighted by molar-refractivity contribution is 6.32. The fraction of sp³-hybridized carbons (Fsp3) is 0.500. The number of amides is 1. The molecule has 1 aliphatic rings. The van der Waals surface area contributed by atoms with E-state index < -0.39 is 0 Å². The molecule has 1 aliphatic carbocycles. The predicted octanol–water partition coefficient (Wildman–Crippen LogP) is 4.21. The van der Waals surface area contributed by atoms with E-state index in [9.17, 15) is 4.79 Å². The van der Waals surface area contributed by atoms with Gasteiger partial charge in [-0.15, -0.1) is 0 Å². The summed E-state index contributed by atoms with van der Waals surface area (Å²) >= 11 is 6.16. The summed E-state index contributed by atoms with van der Waals surface area (Å²) in [5.41, 5.74) is 0.795. The lowest BCUT2D eigenvalue weighted by Gasteiger charge is -2.14. The number of ether oxygens (including phenoxy) is 2. The van der Waals surface area contributed by atoms with Crippen LogP contribution in [0.4, 0.5) is 0 Å². The summed E-state index contributed by atoms with van der Waals surface area (Å²) in [5.74, 6) is 0.973. The van der Waals surface area contributed by atoms with Gasteiger partial charge in [0.25, 0.3) is 0 Å². The molecule has 0 heterocycles. The van der Waals surface area contributed by atoms with Crippen molar-refractivity contribution >= 4 is 23.6 Å². The Kier molecular flexibility index (Phi) is 6.78. The van der Waals surface area contributed by atoms with Crippen LogP contribution in [0.15, 0.2) is 18.2 Å². The number of nitrogens with one attached hydrogen (secondary N) is 1. The van der Waals surface area contributed by atoms with E-state index >= 15 is 0 Å². The molecule has 4 nitrogen and oxygen atoms in total. The third-order valence-electron chi connectivity index (χ3n) is 4.08. The van der Waals surface area contributed by atoms with Crippen molar-refractivity contribution in [3.63, 3.8) is 0 Å². The number of hydrogen-bond donors (Lipinski definition) is 1. The molecule has 0 saturated heterocycles. The maximum atomic E-state index is 12.1. The highest BCUT2D eigenvalue weighted by Gasteiger charge is 2.13. The number of hydrogen-bond acceptors (Lipinski definition) is 3. The first-order valence-electron chi connectivity index (χ1n) is 8.04. The lowest BCUT2D eigenvalue weighted by Crippen LogP contribution is -2.33. The Morgan fingerprint density at radius 3 is 2.48 bits per heavy atom. The first-order chi connectivity index (χ1) is 11.1. The molecule has 1 amide bonds. The predicted molar refractivity (Wildman–Crippen MR) is 93.2 cm³/mol. The van der Waals surface area contributed by atoms with Crippen LogP contribution in [-0.4, -0.2) is 26.2 Å². The largest absolute Gasteiger partial charge is 0.493 e. The van der Waals surface area contributed by atoms with Gasteiger partial charge in [-0.1, -0.05) is 37.3 Å². The molecule has 1 N–H and O–H groups in total. The molecule has 0 aliphatic heterocycles. The minimum atomic E-state index is -0.0668. The van der Waals surface area contributed by atoms with Crippen molar-refractivity contribution in [2.45, 2.75) is 44.6 Å². The van der Waals surface area contributed by atoms with Gasteiger partial charge in [0.1, 0.15) is 0 Å². The Balaban J connectivity index is 2.01. The number of rotatable bonds is 5. The Morgan fingerprint density at radius 1 is 1.17 bits per heavy atom. The first-order valence-corrected chi connectivity index (χ1v) is 8.42. The van der Waals surface area contributed by atoms with Crippen molar-refractivity contribution in [1.82, 2.24) is 5.32 Å². The van der Waals surface area contributed by atoms with Crippen LogP contribution in [0.1, 0.15) is 44.1 Å². The van der Waals surface area contributed by atoms with Crippen molar-refractivity contribution in [3.8, 4) is 11.5 Å². The molecule has 1 aromatic rings. The SMILES string of the molecule is COc1cc(C=CC(=O)NC2CCCCCC2)cc(Cl)c1OC. The zero-order valence-corrected chi connectivity index (χ0v) is 14.5. The van der Waals surface area contributed by atoms with Gasteiger partial charge in [0.15, 0.2) is 11.5 Å². The van der Waals surface area contributed by atoms with Gasteiger partial charge in [-0.3, -0.25) is 4.79 Å². The molecular weight excluding hydrogens is 314 g/mol. The minimum Gasteiger partial charge on any atom is -0.493 e. The molecule has 1 aromatic carbocycles. The van der Waals surface area contributed by atoms with E-state index in [1.807, 2.05) is 0 Å². The van der Waals surface area contributed by atoms with E-state index in [2.05, 4.69) is 5.32 Å². The van der Waals surface area contributed by atoms with Gasteiger partial charge in [-0.25, -0.2) is 0 Å². The van der Waals surface area contributed by atoms with Gasteiger partial charge in [0.2, 0.25) is 5.91 Å². The number of benzene rings is 1. The van der Waals surface area contributed by atoms with Crippen molar-refractivity contribution in [2.75, 3.05) is 14.2 Å². The maximum absolute atomic E-state index is 12.1. The lowest BCUT2D eigenvalue weighted by molar-refractivity contribution is -0.117. The van der Waals surface area contributed by atoms with E-state index in [-0.39, 0.29) is 5.91 Å². The third-order valence-corrected chi connectivity index (χ3v) is 4.37. The van der Waals surface area contributed by atoms with E-state index in [1.54, 1.807) is 38.5 Å². The van der Waals surface area contributed by atoms with E-state index in [0.717, 1.165) is 18.4 Å². The summed E-state index contributed by atoms with van der Waals surface area (Å²) < 4.78 is 10.5. The second kappa shape index (κ2) is 8.82. The van der Waals surface area contributed by atoms with Crippen LogP contribution in [0.5, 0.6) is 11.5 Å². The molecule has 0 atom stereocenters. The van der Waals surface area contributed by atoms with Crippen LogP contribution in [0.2, 0.25) is 5.02 Å². The molecule has 126 valence electrons. The monoisotopic (exact) mass is 337 g/mol. The highest BCUT2D eigenvalue weighted by atomic mass is 35.5. The van der Waals surface area contributed by atoms with E-state index in [0.29, 0.717) is 22.6 Å². The standard InChI is InChI=1S/C18H24ClNO3/c1-22-16-12-13(11-15(19)18(16)23-2)9-10-17(21)20-14-7-5-3-4-6-8-14/h9-12,14H,3-8H2,1-2H3,(H,20,21). The van der Waals surface area contributed by atoms with Crippen LogP contribution in [-0.2, 0) is 4.79 Å². The Bertz CT molecular complexity index is 564. The number of carbonyl (C=O) groups is 1. The second-order valence-electron chi connectivity index (χ2n) is 5.77. The highest BCUT2D eigenvalue weighted by Crippen LogP contribution is 2.36. The Hall–Kier alpha value is -1.68. The van der Waals surface area contributed by atoms with Crippen molar-refractivity contribution < 1.29 is 14.3 Å². The normalized spacial score (nSPS) is 16.1. The molecule has 0 aromatic heterocycles. The maximum Gasteiger partial charge on any atom is 0.244 e. The fourth-order valence-corrected chi connectivity index (χ4v) is 3.18. The summed E-state index contributed by atoms with van der Waals surface area (Å²) in [6.45, 7) is 0. The molecule has 0 radical (unpaired) electrons. The van der Waals surface area contributed by atoms with Crippen molar-refractivity contribution in [2.24, 2.45) is 0 Å². The number of carbonyl (C=O) groups excluding carboxylic acids is 1. The quantitative estimate of drug-likeness (QED) is 0.646. The molecule has 5 heteroatoms. The molecule has 2 rings (SSSR count). The summed E-state index contributed by atoms with van der Waals surface area (Å²) in [6, 6.07) is 3.84. The molecule has 0 spiro atoms. The molecule has 0 bridgehead atoms. The summed E-state index contributed by atoms with van der Waals surface area (Å²) in [5, 5.41) is 3.53. The summed E-state index contributed by atoms with van der Waals surface area (Å²) in [7, 11) is 3.10. The van der Waals surface area contributed by atoms with Gasteiger partial charge in [0, 0.05) is 12.1 Å². The number of methoxy groups -OCH3 is 2. The molecule has 23 heavy (non-hydrogen) atoms. The van der Waals surface area contributed by atoms with Crippen LogP contribution in [0.3, 0.4) is 0 Å². The van der Waals surface area contributed by atoms with Crippen LogP contribution in [0, 0.1) is 0 Å². The van der Waals surface area contributed by atoms with Gasteiger partial charge < -0.3 is 14.8 Å². The van der Waals surface area contributed by atoms with Crippen molar-refractivity contribution in [3.05, 3.63) is 28.8 Å².